The summed E-state index contributed by atoms with van der Waals surface area (Å²) in [5.41, 5.74) is 0.492. The molecule has 6 heteroatoms. The minimum absolute atomic E-state index is 0.161. The van der Waals surface area contributed by atoms with E-state index in [1.54, 1.807) is 19.2 Å². The van der Waals surface area contributed by atoms with Gasteiger partial charge in [0.15, 0.2) is 0 Å². The van der Waals surface area contributed by atoms with Gasteiger partial charge in [-0.25, -0.2) is 0 Å². The standard InChI is InChI=1S/C12H17F3N2O/c1-16-10(8-17(2)3)9-6-4-5-7-11(9)18-12(13,14)15/h4-7,10,16H,8H2,1-3H3. The van der Waals surface area contributed by atoms with Gasteiger partial charge in [0.25, 0.3) is 0 Å². The van der Waals surface area contributed by atoms with Crippen LogP contribution in [0.2, 0.25) is 0 Å². The predicted octanol–water partition coefficient (Wildman–Crippen LogP) is 2.41. The summed E-state index contributed by atoms with van der Waals surface area (Å²) in [5.74, 6) is -0.161. The molecule has 0 radical (unpaired) electrons. The first kappa shape index (κ1) is 14.8. The van der Waals surface area contributed by atoms with Crippen molar-refractivity contribution in [2.24, 2.45) is 0 Å². The number of hydrogen-bond donors (Lipinski definition) is 1. The van der Waals surface area contributed by atoms with Crippen LogP contribution >= 0.6 is 0 Å². The lowest BCUT2D eigenvalue weighted by molar-refractivity contribution is -0.275. The van der Waals surface area contributed by atoms with Crippen LogP contribution in [0, 0.1) is 0 Å². The largest absolute Gasteiger partial charge is 0.573 e. The molecule has 0 aliphatic carbocycles. The van der Waals surface area contributed by atoms with Gasteiger partial charge in [0.2, 0.25) is 0 Å². The molecule has 102 valence electrons. The summed E-state index contributed by atoms with van der Waals surface area (Å²) in [6.45, 7) is 0.578. The van der Waals surface area contributed by atoms with Gasteiger partial charge in [-0.2, -0.15) is 0 Å². The highest BCUT2D eigenvalue weighted by Crippen LogP contribution is 2.30. The van der Waals surface area contributed by atoms with Crippen molar-refractivity contribution >= 4 is 0 Å². The van der Waals surface area contributed by atoms with Gasteiger partial charge in [0, 0.05) is 18.2 Å². The van der Waals surface area contributed by atoms with Gasteiger partial charge in [0.05, 0.1) is 0 Å². The van der Waals surface area contributed by atoms with Crippen molar-refractivity contribution in [3.8, 4) is 5.75 Å². The van der Waals surface area contributed by atoms with E-state index in [4.69, 9.17) is 0 Å². The van der Waals surface area contributed by atoms with E-state index in [0.29, 0.717) is 12.1 Å². The Kier molecular flexibility index (Phi) is 4.98. The molecule has 0 aliphatic rings. The average molecular weight is 262 g/mol. The molecule has 1 aromatic carbocycles. The molecular weight excluding hydrogens is 245 g/mol. The smallest absolute Gasteiger partial charge is 0.405 e. The summed E-state index contributed by atoms with van der Waals surface area (Å²) in [6.07, 6.45) is -4.67. The molecule has 0 fully saturated rings. The molecule has 1 atom stereocenters. The molecule has 1 rings (SSSR count). The maximum atomic E-state index is 12.3. The first-order chi connectivity index (χ1) is 8.33. The summed E-state index contributed by atoms with van der Waals surface area (Å²) in [7, 11) is 5.42. The normalized spacial score (nSPS) is 13.7. The van der Waals surface area contributed by atoms with E-state index in [-0.39, 0.29) is 11.8 Å². The summed E-state index contributed by atoms with van der Waals surface area (Å²) >= 11 is 0. The topological polar surface area (TPSA) is 24.5 Å². The molecule has 1 unspecified atom stereocenters. The highest BCUT2D eigenvalue weighted by molar-refractivity contribution is 5.36. The van der Waals surface area contributed by atoms with Gasteiger partial charge in [-0.1, -0.05) is 18.2 Å². The van der Waals surface area contributed by atoms with Crippen molar-refractivity contribution in [3.05, 3.63) is 29.8 Å². The van der Waals surface area contributed by atoms with Gasteiger partial charge in [-0.3, -0.25) is 0 Å². The molecule has 0 bridgehead atoms. The van der Waals surface area contributed by atoms with Crippen LogP contribution in [0.15, 0.2) is 24.3 Å². The van der Waals surface area contributed by atoms with Gasteiger partial charge >= 0.3 is 6.36 Å². The van der Waals surface area contributed by atoms with E-state index >= 15 is 0 Å². The van der Waals surface area contributed by atoms with Crippen molar-refractivity contribution in [1.82, 2.24) is 10.2 Å². The quantitative estimate of drug-likeness (QED) is 0.882. The van der Waals surface area contributed by atoms with E-state index in [9.17, 15) is 13.2 Å². The van der Waals surface area contributed by atoms with E-state index < -0.39 is 6.36 Å². The SMILES string of the molecule is CNC(CN(C)C)c1ccccc1OC(F)(F)F. The number of para-hydroxylation sites is 1. The number of alkyl halides is 3. The Labute approximate surface area is 105 Å². The Morgan fingerprint density at radius 2 is 1.89 bits per heavy atom. The fourth-order valence-corrected chi connectivity index (χ4v) is 1.70. The second kappa shape index (κ2) is 6.06. The minimum atomic E-state index is -4.67. The zero-order valence-corrected chi connectivity index (χ0v) is 10.6. The highest BCUT2D eigenvalue weighted by atomic mass is 19.4. The Morgan fingerprint density at radius 3 is 2.39 bits per heavy atom. The molecule has 1 aromatic rings. The number of hydrogen-bond acceptors (Lipinski definition) is 3. The molecule has 3 nitrogen and oxygen atoms in total. The fourth-order valence-electron chi connectivity index (χ4n) is 1.70. The van der Waals surface area contributed by atoms with E-state index in [0.717, 1.165) is 0 Å². The molecule has 0 aliphatic heterocycles. The molecule has 0 amide bonds. The third kappa shape index (κ3) is 4.54. The number of nitrogens with zero attached hydrogens (tertiary/aromatic N) is 1. The molecular formula is C12H17F3N2O. The molecule has 1 N–H and O–H groups in total. The maximum absolute atomic E-state index is 12.3. The van der Waals surface area contributed by atoms with E-state index in [1.807, 2.05) is 19.0 Å². The maximum Gasteiger partial charge on any atom is 0.573 e. The summed E-state index contributed by atoms with van der Waals surface area (Å²) in [6, 6.07) is 5.94. The number of rotatable bonds is 5. The minimum Gasteiger partial charge on any atom is -0.405 e. The van der Waals surface area contributed by atoms with Crippen molar-refractivity contribution in [2.75, 3.05) is 27.7 Å². The van der Waals surface area contributed by atoms with Crippen molar-refractivity contribution < 1.29 is 17.9 Å². The summed E-state index contributed by atoms with van der Waals surface area (Å²) < 4.78 is 40.9. The lowest BCUT2D eigenvalue weighted by atomic mass is 10.1. The van der Waals surface area contributed by atoms with Crippen LogP contribution in [0.5, 0.6) is 5.75 Å². The lowest BCUT2D eigenvalue weighted by Crippen LogP contribution is -2.30. The van der Waals surface area contributed by atoms with Gasteiger partial charge < -0.3 is 15.0 Å². The number of likely N-dealkylation sites (N-methyl/N-ethyl adjacent to an activating group) is 2. The van der Waals surface area contributed by atoms with Crippen LogP contribution in [0.25, 0.3) is 0 Å². The fraction of sp³-hybridized carbons (Fsp3) is 0.500. The Bertz CT molecular complexity index is 380. The van der Waals surface area contributed by atoms with E-state index in [1.165, 1.54) is 12.1 Å². The second-order valence-electron chi connectivity index (χ2n) is 4.19. The van der Waals surface area contributed by atoms with Gasteiger partial charge in [0.1, 0.15) is 5.75 Å². The van der Waals surface area contributed by atoms with Crippen LogP contribution in [-0.2, 0) is 0 Å². The average Bonchev–Trinajstić information content (AvgIpc) is 2.24. The molecule has 18 heavy (non-hydrogen) atoms. The summed E-state index contributed by atoms with van der Waals surface area (Å²) in [5, 5.41) is 2.99. The first-order valence-electron chi connectivity index (χ1n) is 5.50. The number of ether oxygens (including phenoxy) is 1. The van der Waals surface area contributed by atoms with Crippen molar-refractivity contribution in [1.29, 1.82) is 0 Å². The van der Waals surface area contributed by atoms with Crippen LogP contribution in [0.1, 0.15) is 11.6 Å². The zero-order chi connectivity index (χ0) is 13.8. The Morgan fingerprint density at radius 1 is 1.28 bits per heavy atom. The monoisotopic (exact) mass is 262 g/mol. The van der Waals surface area contributed by atoms with Crippen LogP contribution in [0.4, 0.5) is 13.2 Å². The molecule has 0 saturated carbocycles. The lowest BCUT2D eigenvalue weighted by Gasteiger charge is -2.23. The van der Waals surface area contributed by atoms with Crippen LogP contribution < -0.4 is 10.1 Å². The van der Waals surface area contributed by atoms with E-state index in [2.05, 4.69) is 10.1 Å². The molecule has 0 aromatic heterocycles. The third-order valence-electron chi connectivity index (χ3n) is 2.42. The Balaban J connectivity index is 2.99. The third-order valence-corrected chi connectivity index (χ3v) is 2.42. The first-order valence-corrected chi connectivity index (χ1v) is 5.50. The zero-order valence-electron chi connectivity index (χ0n) is 10.6. The van der Waals surface area contributed by atoms with Gasteiger partial charge in [-0.05, 0) is 27.2 Å². The Hall–Kier alpha value is -1.27. The second-order valence-corrected chi connectivity index (χ2v) is 4.19. The van der Waals surface area contributed by atoms with Crippen molar-refractivity contribution in [3.63, 3.8) is 0 Å². The van der Waals surface area contributed by atoms with Gasteiger partial charge in [-0.15, -0.1) is 13.2 Å². The molecule has 0 spiro atoms. The number of benzene rings is 1. The predicted molar refractivity (Wildman–Crippen MR) is 63.5 cm³/mol. The van der Waals surface area contributed by atoms with Crippen molar-refractivity contribution in [2.45, 2.75) is 12.4 Å². The molecule has 0 saturated heterocycles. The van der Waals surface area contributed by atoms with Crippen LogP contribution in [0.3, 0.4) is 0 Å². The van der Waals surface area contributed by atoms with Crippen LogP contribution in [-0.4, -0.2) is 39.0 Å². The number of halogens is 3. The molecule has 0 heterocycles. The number of nitrogens with one attached hydrogen (secondary N) is 1. The summed E-state index contributed by atoms with van der Waals surface area (Å²) in [4.78, 5) is 1.89. The highest BCUT2D eigenvalue weighted by Gasteiger charge is 2.32.